The zero-order chi connectivity index (χ0) is 18.5. The second-order valence-electron chi connectivity index (χ2n) is 7.40. The quantitative estimate of drug-likeness (QED) is 0.854. The Bertz CT molecular complexity index is 719. The van der Waals surface area contributed by atoms with E-state index < -0.39 is 0 Å². The first kappa shape index (κ1) is 18.6. The summed E-state index contributed by atoms with van der Waals surface area (Å²) in [6.07, 6.45) is 2.53. The molecule has 1 heterocycles. The minimum atomic E-state index is -0.272. The predicted molar refractivity (Wildman–Crippen MR) is 102 cm³/mol. The van der Waals surface area contributed by atoms with Gasteiger partial charge in [-0.15, -0.1) is 0 Å². The SMILES string of the molecule is CC1CCN(Cc2ccc(C(=O)N[C@H](C)c3ccc(F)cc3)cc2)CC1. The topological polar surface area (TPSA) is 32.3 Å². The number of benzene rings is 2. The van der Waals surface area contributed by atoms with Crippen LogP contribution in [0.4, 0.5) is 4.39 Å². The van der Waals surface area contributed by atoms with Crippen molar-refractivity contribution in [2.45, 2.75) is 39.3 Å². The van der Waals surface area contributed by atoms with Gasteiger partial charge in [-0.3, -0.25) is 9.69 Å². The third-order valence-corrected chi connectivity index (χ3v) is 5.22. The summed E-state index contributed by atoms with van der Waals surface area (Å²) >= 11 is 0. The maximum Gasteiger partial charge on any atom is 0.251 e. The number of carbonyl (C=O) groups is 1. The van der Waals surface area contributed by atoms with Crippen LogP contribution in [-0.2, 0) is 6.54 Å². The van der Waals surface area contributed by atoms with Crippen molar-refractivity contribution in [2.75, 3.05) is 13.1 Å². The zero-order valence-corrected chi connectivity index (χ0v) is 15.5. The zero-order valence-electron chi connectivity index (χ0n) is 15.5. The van der Waals surface area contributed by atoms with Crippen LogP contribution in [0.1, 0.15) is 54.2 Å². The molecule has 2 aromatic carbocycles. The summed E-state index contributed by atoms with van der Waals surface area (Å²) in [5.41, 5.74) is 2.77. The summed E-state index contributed by atoms with van der Waals surface area (Å²) in [4.78, 5) is 14.9. The molecule has 0 radical (unpaired) electrons. The molecular weight excluding hydrogens is 327 g/mol. The number of amides is 1. The molecule has 1 N–H and O–H groups in total. The predicted octanol–water partition coefficient (Wildman–Crippen LogP) is 4.55. The number of nitrogens with one attached hydrogen (secondary N) is 1. The molecule has 1 saturated heterocycles. The van der Waals surface area contributed by atoms with Gasteiger partial charge in [-0.05, 0) is 74.2 Å². The largest absolute Gasteiger partial charge is 0.346 e. The molecule has 1 atom stereocenters. The third kappa shape index (κ3) is 4.92. The molecule has 0 saturated carbocycles. The summed E-state index contributed by atoms with van der Waals surface area (Å²) in [5.74, 6) is 0.451. The van der Waals surface area contributed by atoms with Crippen molar-refractivity contribution in [1.29, 1.82) is 0 Å². The first-order valence-electron chi connectivity index (χ1n) is 9.39. The van der Waals surface area contributed by atoms with Gasteiger partial charge in [0.2, 0.25) is 0 Å². The van der Waals surface area contributed by atoms with Crippen LogP contribution in [0.3, 0.4) is 0 Å². The van der Waals surface area contributed by atoms with Crippen molar-refractivity contribution < 1.29 is 9.18 Å². The van der Waals surface area contributed by atoms with E-state index in [0.29, 0.717) is 5.56 Å². The number of carbonyl (C=O) groups excluding carboxylic acids is 1. The molecule has 0 bridgehead atoms. The monoisotopic (exact) mass is 354 g/mol. The van der Waals surface area contributed by atoms with Crippen molar-refractivity contribution in [3.63, 3.8) is 0 Å². The van der Waals surface area contributed by atoms with E-state index in [0.717, 1.165) is 31.1 Å². The van der Waals surface area contributed by atoms with Crippen molar-refractivity contribution in [3.8, 4) is 0 Å². The van der Waals surface area contributed by atoms with Gasteiger partial charge in [0.15, 0.2) is 0 Å². The lowest BCUT2D eigenvalue weighted by Gasteiger charge is -2.30. The second kappa shape index (κ2) is 8.45. The summed E-state index contributed by atoms with van der Waals surface area (Å²) in [7, 11) is 0. The van der Waals surface area contributed by atoms with Crippen LogP contribution in [0.2, 0.25) is 0 Å². The molecule has 1 aliphatic heterocycles. The fraction of sp³-hybridized carbons (Fsp3) is 0.409. The Kier molecular flexibility index (Phi) is 6.04. The van der Waals surface area contributed by atoms with Crippen LogP contribution in [0, 0.1) is 11.7 Å². The van der Waals surface area contributed by atoms with Crippen LogP contribution in [0.25, 0.3) is 0 Å². The highest BCUT2D eigenvalue weighted by Gasteiger charge is 2.16. The molecular formula is C22H27FN2O. The number of likely N-dealkylation sites (tertiary alicyclic amines) is 1. The van der Waals surface area contributed by atoms with E-state index in [9.17, 15) is 9.18 Å². The van der Waals surface area contributed by atoms with Crippen LogP contribution in [-0.4, -0.2) is 23.9 Å². The molecule has 4 heteroatoms. The molecule has 3 rings (SSSR count). The highest BCUT2D eigenvalue weighted by Crippen LogP contribution is 2.19. The number of halogens is 1. The standard InChI is InChI=1S/C22H27FN2O/c1-16-11-13-25(14-12-16)15-18-3-5-20(6-4-18)22(26)24-17(2)19-7-9-21(23)10-8-19/h3-10,16-17H,11-15H2,1-2H3,(H,24,26)/t17-/m1/s1. The van der Waals surface area contributed by atoms with E-state index in [1.165, 1.54) is 30.5 Å². The fourth-order valence-corrected chi connectivity index (χ4v) is 3.35. The number of piperidine rings is 1. The molecule has 26 heavy (non-hydrogen) atoms. The van der Waals surface area contributed by atoms with Crippen molar-refractivity contribution in [1.82, 2.24) is 10.2 Å². The lowest BCUT2D eigenvalue weighted by Crippen LogP contribution is -2.32. The van der Waals surface area contributed by atoms with Gasteiger partial charge in [0.1, 0.15) is 5.82 Å². The van der Waals surface area contributed by atoms with Gasteiger partial charge < -0.3 is 5.32 Å². The van der Waals surface area contributed by atoms with Crippen molar-refractivity contribution >= 4 is 5.91 Å². The van der Waals surface area contributed by atoms with Gasteiger partial charge in [-0.1, -0.05) is 31.2 Å². The molecule has 1 aliphatic rings. The molecule has 0 spiro atoms. The first-order valence-corrected chi connectivity index (χ1v) is 9.39. The van der Waals surface area contributed by atoms with Gasteiger partial charge in [-0.25, -0.2) is 4.39 Å². The Labute approximate surface area is 155 Å². The Morgan fingerprint density at radius 2 is 1.73 bits per heavy atom. The Hall–Kier alpha value is -2.20. The average molecular weight is 354 g/mol. The lowest BCUT2D eigenvalue weighted by atomic mass is 9.99. The molecule has 0 unspecified atom stereocenters. The lowest BCUT2D eigenvalue weighted by molar-refractivity contribution is 0.0940. The van der Waals surface area contributed by atoms with Crippen LogP contribution in [0.5, 0.6) is 0 Å². The highest BCUT2D eigenvalue weighted by atomic mass is 19.1. The molecule has 0 aliphatic carbocycles. The van der Waals surface area contributed by atoms with Crippen LogP contribution >= 0.6 is 0 Å². The summed E-state index contributed by atoms with van der Waals surface area (Å²) in [5, 5.41) is 2.97. The number of nitrogens with zero attached hydrogens (tertiary/aromatic N) is 1. The normalized spacial score (nSPS) is 17.0. The van der Waals surface area contributed by atoms with E-state index in [1.807, 2.05) is 31.2 Å². The van der Waals surface area contributed by atoms with E-state index in [-0.39, 0.29) is 17.8 Å². The van der Waals surface area contributed by atoms with E-state index >= 15 is 0 Å². The van der Waals surface area contributed by atoms with Crippen LogP contribution in [0.15, 0.2) is 48.5 Å². The van der Waals surface area contributed by atoms with E-state index in [1.54, 1.807) is 12.1 Å². The maximum atomic E-state index is 13.0. The van der Waals surface area contributed by atoms with Crippen molar-refractivity contribution in [2.24, 2.45) is 5.92 Å². The minimum absolute atomic E-state index is 0.111. The van der Waals surface area contributed by atoms with Gasteiger partial charge in [0.25, 0.3) is 5.91 Å². The Balaban J connectivity index is 1.55. The minimum Gasteiger partial charge on any atom is -0.346 e. The molecule has 138 valence electrons. The Morgan fingerprint density at radius 1 is 1.12 bits per heavy atom. The Morgan fingerprint density at radius 3 is 2.35 bits per heavy atom. The molecule has 3 nitrogen and oxygen atoms in total. The van der Waals surface area contributed by atoms with Gasteiger partial charge in [0, 0.05) is 12.1 Å². The smallest absolute Gasteiger partial charge is 0.251 e. The highest BCUT2D eigenvalue weighted by molar-refractivity contribution is 5.94. The summed E-state index contributed by atoms with van der Waals surface area (Å²) < 4.78 is 13.0. The van der Waals surface area contributed by atoms with E-state index in [4.69, 9.17) is 0 Å². The fourth-order valence-electron chi connectivity index (χ4n) is 3.35. The first-order chi connectivity index (χ1) is 12.5. The molecule has 1 fully saturated rings. The maximum absolute atomic E-state index is 13.0. The average Bonchev–Trinajstić information content (AvgIpc) is 2.64. The van der Waals surface area contributed by atoms with Gasteiger partial charge >= 0.3 is 0 Å². The molecule has 2 aromatic rings. The number of hydrogen-bond acceptors (Lipinski definition) is 2. The summed E-state index contributed by atoms with van der Waals surface area (Å²) in [6, 6.07) is 13.9. The second-order valence-corrected chi connectivity index (χ2v) is 7.40. The molecule has 1 amide bonds. The number of rotatable bonds is 5. The van der Waals surface area contributed by atoms with E-state index in [2.05, 4.69) is 17.1 Å². The third-order valence-electron chi connectivity index (χ3n) is 5.22. The van der Waals surface area contributed by atoms with Gasteiger partial charge in [-0.2, -0.15) is 0 Å². The summed E-state index contributed by atoms with van der Waals surface area (Å²) in [6.45, 7) is 7.46. The van der Waals surface area contributed by atoms with Crippen LogP contribution < -0.4 is 5.32 Å². The molecule has 0 aromatic heterocycles. The van der Waals surface area contributed by atoms with Gasteiger partial charge in [0.05, 0.1) is 6.04 Å². The number of hydrogen-bond donors (Lipinski definition) is 1. The van der Waals surface area contributed by atoms with Crippen molar-refractivity contribution in [3.05, 3.63) is 71.0 Å².